The third kappa shape index (κ3) is 4.74. The van der Waals surface area contributed by atoms with Gasteiger partial charge in [-0.25, -0.2) is 8.78 Å². The molecule has 0 bridgehead atoms. The number of hydrogen-bond acceptors (Lipinski definition) is 2. The molecule has 2 rings (SSSR count). The van der Waals surface area contributed by atoms with E-state index in [4.69, 9.17) is 0 Å². The van der Waals surface area contributed by atoms with Gasteiger partial charge in [-0.1, -0.05) is 25.8 Å². The fourth-order valence-electron chi connectivity index (χ4n) is 3.23. The average molecular weight is 324 g/mol. The molecule has 1 aliphatic carbocycles. The monoisotopic (exact) mass is 324 g/mol. The summed E-state index contributed by atoms with van der Waals surface area (Å²) >= 11 is 0. The standard InChI is InChI=1S/C18H26F2N2O/c1-11-6-4-5-7-17(11)22-18(23)13(3)21-12(2)15-9-8-14(19)10-16(15)20/h8-13,17,21H,4-7H2,1-3H3,(H,22,23). The van der Waals surface area contributed by atoms with Crippen LogP contribution in [-0.4, -0.2) is 18.0 Å². The topological polar surface area (TPSA) is 41.1 Å². The fourth-order valence-corrected chi connectivity index (χ4v) is 3.23. The summed E-state index contributed by atoms with van der Waals surface area (Å²) < 4.78 is 26.8. The molecule has 0 aromatic heterocycles. The molecule has 3 nitrogen and oxygen atoms in total. The molecule has 0 saturated heterocycles. The Labute approximate surface area is 136 Å². The van der Waals surface area contributed by atoms with Crippen LogP contribution in [0, 0.1) is 17.6 Å². The van der Waals surface area contributed by atoms with Crippen LogP contribution >= 0.6 is 0 Å². The number of carbonyl (C=O) groups excluding carboxylic acids is 1. The molecule has 1 aliphatic rings. The van der Waals surface area contributed by atoms with Crippen molar-refractivity contribution in [3.63, 3.8) is 0 Å². The second kappa shape index (κ2) is 7.86. The average Bonchev–Trinajstić information content (AvgIpc) is 2.49. The highest BCUT2D eigenvalue weighted by atomic mass is 19.1. The number of carbonyl (C=O) groups is 1. The summed E-state index contributed by atoms with van der Waals surface area (Å²) in [4.78, 5) is 12.3. The van der Waals surface area contributed by atoms with Gasteiger partial charge in [0.25, 0.3) is 0 Å². The zero-order valence-corrected chi connectivity index (χ0v) is 14.0. The zero-order chi connectivity index (χ0) is 17.0. The minimum absolute atomic E-state index is 0.0712. The van der Waals surface area contributed by atoms with Crippen LogP contribution in [-0.2, 0) is 4.79 Å². The lowest BCUT2D eigenvalue weighted by molar-refractivity contribution is -0.124. The normalized spacial score (nSPS) is 24.0. The largest absolute Gasteiger partial charge is 0.352 e. The van der Waals surface area contributed by atoms with E-state index in [9.17, 15) is 13.6 Å². The van der Waals surface area contributed by atoms with E-state index in [-0.39, 0.29) is 18.0 Å². The molecule has 0 aliphatic heterocycles. The fraction of sp³-hybridized carbons (Fsp3) is 0.611. The van der Waals surface area contributed by atoms with Gasteiger partial charge in [-0.3, -0.25) is 10.1 Å². The Balaban J connectivity index is 1.92. The van der Waals surface area contributed by atoms with Crippen molar-refractivity contribution >= 4 is 5.91 Å². The van der Waals surface area contributed by atoms with Crippen molar-refractivity contribution in [1.29, 1.82) is 0 Å². The van der Waals surface area contributed by atoms with E-state index in [2.05, 4.69) is 17.6 Å². The molecule has 1 saturated carbocycles. The Bertz CT molecular complexity index is 550. The number of benzene rings is 1. The number of halogens is 2. The lowest BCUT2D eigenvalue weighted by Crippen LogP contribution is -2.49. The van der Waals surface area contributed by atoms with Crippen LogP contribution in [0.25, 0.3) is 0 Å². The first-order valence-corrected chi connectivity index (χ1v) is 8.40. The second-order valence-corrected chi connectivity index (χ2v) is 6.65. The van der Waals surface area contributed by atoms with Gasteiger partial charge in [0.2, 0.25) is 5.91 Å². The van der Waals surface area contributed by atoms with Crippen molar-refractivity contribution in [3.05, 3.63) is 35.4 Å². The maximum absolute atomic E-state index is 13.8. The van der Waals surface area contributed by atoms with Gasteiger partial charge in [0.1, 0.15) is 11.6 Å². The molecule has 1 amide bonds. The first-order chi connectivity index (χ1) is 10.9. The second-order valence-electron chi connectivity index (χ2n) is 6.65. The van der Waals surface area contributed by atoms with Gasteiger partial charge in [-0.05, 0) is 38.7 Å². The summed E-state index contributed by atoms with van der Waals surface area (Å²) in [5, 5.41) is 6.18. The van der Waals surface area contributed by atoms with Gasteiger partial charge < -0.3 is 5.32 Å². The summed E-state index contributed by atoms with van der Waals surface area (Å²) in [6, 6.07) is 2.91. The third-order valence-corrected chi connectivity index (χ3v) is 4.76. The van der Waals surface area contributed by atoms with Crippen LogP contribution in [0.15, 0.2) is 18.2 Å². The SMILES string of the molecule is CC(NC(C)c1ccc(F)cc1F)C(=O)NC1CCCCC1C. The maximum atomic E-state index is 13.8. The minimum atomic E-state index is -0.601. The van der Waals surface area contributed by atoms with Crippen LogP contribution in [0.4, 0.5) is 8.78 Å². The van der Waals surface area contributed by atoms with Crippen molar-refractivity contribution in [1.82, 2.24) is 10.6 Å². The van der Waals surface area contributed by atoms with E-state index in [1.165, 1.54) is 18.6 Å². The van der Waals surface area contributed by atoms with Crippen LogP contribution in [0.1, 0.15) is 58.1 Å². The molecule has 0 spiro atoms. The van der Waals surface area contributed by atoms with Crippen molar-refractivity contribution in [2.75, 3.05) is 0 Å². The summed E-state index contributed by atoms with van der Waals surface area (Å²) in [7, 11) is 0. The summed E-state index contributed by atoms with van der Waals surface area (Å²) in [5.41, 5.74) is 0.358. The molecule has 5 heteroatoms. The van der Waals surface area contributed by atoms with Crippen LogP contribution in [0.5, 0.6) is 0 Å². The van der Waals surface area contributed by atoms with Gasteiger partial charge in [-0.15, -0.1) is 0 Å². The molecule has 2 N–H and O–H groups in total. The van der Waals surface area contributed by atoms with Crippen molar-refractivity contribution in [2.24, 2.45) is 5.92 Å². The smallest absolute Gasteiger partial charge is 0.237 e. The Morgan fingerprint density at radius 3 is 2.57 bits per heavy atom. The predicted molar refractivity (Wildman–Crippen MR) is 86.9 cm³/mol. The summed E-state index contributed by atoms with van der Waals surface area (Å²) in [6.45, 7) is 5.70. The number of rotatable bonds is 5. The van der Waals surface area contributed by atoms with E-state index in [1.807, 2.05) is 0 Å². The number of nitrogens with one attached hydrogen (secondary N) is 2. The van der Waals surface area contributed by atoms with Gasteiger partial charge in [-0.2, -0.15) is 0 Å². The molecule has 1 aromatic carbocycles. The molecule has 1 aromatic rings. The summed E-state index contributed by atoms with van der Waals surface area (Å²) in [5.74, 6) is -0.779. The molecule has 0 heterocycles. The Hall–Kier alpha value is -1.49. The number of amides is 1. The molecular formula is C18H26F2N2O. The molecule has 1 fully saturated rings. The lowest BCUT2D eigenvalue weighted by atomic mass is 9.86. The highest BCUT2D eigenvalue weighted by molar-refractivity contribution is 5.81. The van der Waals surface area contributed by atoms with Crippen molar-refractivity contribution in [2.45, 2.75) is 64.6 Å². The number of hydrogen-bond donors (Lipinski definition) is 2. The Morgan fingerprint density at radius 1 is 1.22 bits per heavy atom. The molecule has 0 radical (unpaired) electrons. The van der Waals surface area contributed by atoms with E-state index in [0.717, 1.165) is 25.3 Å². The highest BCUT2D eigenvalue weighted by Crippen LogP contribution is 2.24. The molecule has 4 unspecified atom stereocenters. The molecular weight excluding hydrogens is 298 g/mol. The Morgan fingerprint density at radius 2 is 1.91 bits per heavy atom. The Kier molecular flexibility index (Phi) is 6.10. The van der Waals surface area contributed by atoms with Gasteiger partial charge >= 0.3 is 0 Å². The third-order valence-electron chi connectivity index (χ3n) is 4.76. The first-order valence-electron chi connectivity index (χ1n) is 8.40. The highest BCUT2D eigenvalue weighted by Gasteiger charge is 2.25. The van der Waals surface area contributed by atoms with Crippen LogP contribution < -0.4 is 10.6 Å². The first kappa shape index (κ1) is 17.9. The maximum Gasteiger partial charge on any atom is 0.237 e. The van der Waals surface area contributed by atoms with E-state index in [1.54, 1.807) is 13.8 Å². The predicted octanol–water partition coefficient (Wildman–Crippen LogP) is 3.70. The van der Waals surface area contributed by atoms with Crippen LogP contribution in [0.2, 0.25) is 0 Å². The summed E-state index contributed by atoms with van der Waals surface area (Å²) in [6.07, 6.45) is 4.53. The molecule has 23 heavy (non-hydrogen) atoms. The lowest BCUT2D eigenvalue weighted by Gasteiger charge is -2.31. The van der Waals surface area contributed by atoms with E-state index < -0.39 is 17.7 Å². The minimum Gasteiger partial charge on any atom is -0.352 e. The van der Waals surface area contributed by atoms with Gasteiger partial charge in [0, 0.05) is 23.7 Å². The zero-order valence-electron chi connectivity index (χ0n) is 14.0. The quantitative estimate of drug-likeness (QED) is 0.867. The van der Waals surface area contributed by atoms with Crippen LogP contribution in [0.3, 0.4) is 0 Å². The van der Waals surface area contributed by atoms with Gasteiger partial charge in [0.05, 0.1) is 6.04 Å². The van der Waals surface area contributed by atoms with Crippen molar-refractivity contribution in [3.8, 4) is 0 Å². The van der Waals surface area contributed by atoms with E-state index >= 15 is 0 Å². The van der Waals surface area contributed by atoms with Gasteiger partial charge in [0.15, 0.2) is 0 Å². The van der Waals surface area contributed by atoms with E-state index in [0.29, 0.717) is 11.5 Å². The van der Waals surface area contributed by atoms with Crippen molar-refractivity contribution < 1.29 is 13.6 Å². The molecule has 4 atom stereocenters. The molecule has 128 valence electrons.